The molecule has 2 atom stereocenters. The molecule has 0 aliphatic rings. The zero-order chi connectivity index (χ0) is 12.0. The molecule has 0 fully saturated rings. The molecule has 16 heavy (non-hydrogen) atoms. The van der Waals surface area contributed by atoms with Gasteiger partial charge in [-0.3, -0.25) is 4.98 Å². The predicted octanol–water partition coefficient (Wildman–Crippen LogP) is 2.30. The first-order chi connectivity index (χ1) is 7.70. The fourth-order valence-electron chi connectivity index (χ4n) is 1.60. The van der Waals surface area contributed by atoms with E-state index in [1.165, 1.54) is 6.20 Å². The first-order valence-electron chi connectivity index (χ1n) is 5.56. The zero-order valence-electron chi connectivity index (χ0n) is 10.0. The van der Waals surface area contributed by atoms with Gasteiger partial charge in [0.1, 0.15) is 5.82 Å². The van der Waals surface area contributed by atoms with Gasteiger partial charge in [0, 0.05) is 18.9 Å². The molecule has 3 nitrogen and oxygen atoms in total. The van der Waals surface area contributed by atoms with E-state index in [2.05, 4.69) is 17.2 Å². The van der Waals surface area contributed by atoms with Gasteiger partial charge < -0.3 is 10.1 Å². The number of hydrogen-bond acceptors (Lipinski definition) is 3. The van der Waals surface area contributed by atoms with Crippen LogP contribution in [0.1, 0.15) is 31.9 Å². The smallest absolute Gasteiger partial charge is 0.146 e. The SMILES string of the molecule is CCCNC(c1ccncc1F)C(C)OC. The van der Waals surface area contributed by atoms with E-state index >= 15 is 0 Å². The molecule has 0 radical (unpaired) electrons. The van der Waals surface area contributed by atoms with Gasteiger partial charge in [0.05, 0.1) is 18.3 Å². The van der Waals surface area contributed by atoms with Gasteiger partial charge in [0.15, 0.2) is 0 Å². The first-order valence-corrected chi connectivity index (χ1v) is 5.56. The number of rotatable bonds is 6. The second kappa shape index (κ2) is 6.55. The van der Waals surface area contributed by atoms with Crippen LogP contribution in [0.5, 0.6) is 0 Å². The maximum absolute atomic E-state index is 13.6. The minimum atomic E-state index is -0.292. The van der Waals surface area contributed by atoms with Gasteiger partial charge in [0.2, 0.25) is 0 Å². The Bertz CT molecular complexity index is 320. The number of nitrogens with zero attached hydrogens (tertiary/aromatic N) is 1. The highest BCUT2D eigenvalue weighted by Gasteiger charge is 2.21. The Kier molecular flexibility index (Phi) is 5.35. The summed E-state index contributed by atoms with van der Waals surface area (Å²) in [7, 11) is 1.63. The number of aromatic nitrogens is 1. The molecule has 0 aromatic carbocycles. The Hall–Kier alpha value is -1.00. The van der Waals surface area contributed by atoms with E-state index in [-0.39, 0.29) is 18.0 Å². The number of hydrogen-bond donors (Lipinski definition) is 1. The molecule has 1 N–H and O–H groups in total. The van der Waals surface area contributed by atoms with E-state index in [4.69, 9.17) is 4.74 Å². The van der Waals surface area contributed by atoms with Gasteiger partial charge in [-0.25, -0.2) is 4.39 Å². The van der Waals surface area contributed by atoms with Crippen LogP contribution in [-0.4, -0.2) is 24.7 Å². The Morgan fingerprint density at radius 1 is 1.56 bits per heavy atom. The van der Waals surface area contributed by atoms with Gasteiger partial charge in [0.25, 0.3) is 0 Å². The van der Waals surface area contributed by atoms with Gasteiger partial charge in [-0.2, -0.15) is 0 Å². The van der Waals surface area contributed by atoms with E-state index in [1.54, 1.807) is 19.4 Å². The van der Waals surface area contributed by atoms with E-state index in [0.29, 0.717) is 5.56 Å². The molecular weight excluding hydrogens is 207 g/mol. The largest absolute Gasteiger partial charge is 0.380 e. The summed E-state index contributed by atoms with van der Waals surface area (Å²) in [5.74, 6) is -0.292. The highest BCUT2D eigenvalue weighted by Crippen LogP contribution is 2.20. The van der Waals surface area contributed by atoms with Crippen LogP contribution in [-0.2, 0) is 4.74 Å². The van der Waals surface area contributed by atoms with Crippen molar-refractivity contribution in [3.63, 3.8) is 0 Å². The Morgan fingerprint density at radius 2 is 2.31 bits per heavy atom. The third-order valence-corrected chi connectivity index (χ3v) is 2.59. The summed E-state index contributed by atoms with van der Waals surface area (Å²) >= 11 is 0. The molecule has 0 spiro atoms. The van der Waals surface area contributed by atoms with Crippen LogP contribution in [0.2, 0.25) is 0 Å². The summed E-state index contributed by atoms with van der Waals surface area (Å²) < 4.78 is 18.9. The monoisotopic (exact) mass is 226 g/mol. The van der Waals surface area contributed by atoms with E-state index < -0.39 is 0 Å². The van der Waals surface area contributed by atoms with Crippen molar-refractivity contribution in [3.8, 4) is 0 Å². The fourth-order valence-corrected chi connectivity index (χ4v) is 1.60. The van der Waals surface area contributed by atoms with E-state index in [1.807, 2.05) is 6.92 Å². The molecule has 0 saturated carbocycles. The molecule has 0 aliphatic heterocycles. The van der Waals surface area contributed by atoms with Crippen molar-refractivity contribution in [3.05, 3.63) is 29.8 Å². The third-order valence-electron chi connectivity index (χ3n) is 2.59. The highest BCUT2D eigenvalue weighted by atomic mass is 19.1. The summed E-state index contributed by atoms with van der Waals surface area (Å²) in [6, 6.07) is 1.56. The Balaban J connectivity index is 2.87. The highest BCUT2D eigenvalue weighted by molar-refractivity contribution is 5.18. The molecule has 0 saturated heterocycles. The van der Waals surface area contributed by atoms with Crippen LogP contribution >= 0.6 is 0 Å². The van der Waals surface area contributed by atoms with Crippen molar-refractivity contribution in [1.82, 2.24) is 10.3 Å². The summed E-state index contributed by atoms with van der Waals surface area (Å²) in [6.45, 7) is 4.83. The van der Waals surface area contributed by atoms with Crippen LogP contribution < -0.4 is 5.32 Å². The normalized spacial score (nSPS) is 14.8. The van der Waals surface area contributed by atoms with Crippen molar-refractivity contribution in [2.24, 2.45) is 0 Å². The minimum Gasteiger partial charge on any atom is -0.380 e. The van der Waals surface area contributed by atoms with Gasteiger partial charge in [-0.1, -0.05) is 6.92 Å². The van der Waals surface area contributed by atoms with Crippen LogP contribution in [0.3, 0.4) is 0 Å². The first kappa shape index (κ1) is 13.1. The number of ether oxygens (including phenoxy) is 1. The Morgan fingerprint density at radius 3 is 2.88 bits per heavy atom. The van der Waals surface area contributed by atoms with E-state index in [9.17, 15) is 4.39 Å². The molecule has 0 amide bonds. The Labute approximate surface area is 96.0 Å². The van der Waals surface area contributed by atoms with Crippen LogP contribution in [0.4, 0.5) is 4.39 Å². The molecular formula is C12H19FN2O. The van der Waals surface area contributed by atoms with Crippen LogP contribution in [0, 0.1) is 5.82 Å². The van der Waals surface area contributed by atoms with Gasteiger partial charge in [-0.05, 0) is 26.0 Å². The van der Waals surface area contributed by atoms with Crippen LogP contribution in [0.25, 0.3) is 0 Å². The summed E-state index contributed by atoms with van der Waals surface area (Å²) in [4.78, 5) is 3.75. The lowest BCUT2D eigenvalue weighted by Gasteiger charge is -2.24. The van der Waals surface area contributed by atoms with Crippen LogP contribution in [0.15, 0.2) is 18.5 Å². The maximum atomic E-state index is 13.6. The van der Waals surface area contributed by atoms with Crippen molar-refractivity contribution in [2.75, 3.05) is 13.7 Å². The van der Waals surface area contributed by atoms with Gasteiger partial charge in [-0.15, -0.1) is 0 Å². The number of pyridine rings is 1. The number of methoxy groups -OCH3 is 1. The lowest BCUT2D eigenvalue weighted by molar-refractivity contribution is 0.0817. The zero-order valence-corrected chi connectivity index (χ0v) is 10.0. The lowest BCUT2D eigenvalue weighted by atomic mass is 10.0. The topological polar surface area (TPSA) is 34.2 Å². The third kappa shape index (κ3) is 3.25. The second-order valence-corrected chi connectivity index (χ2v) is 3.77. The van der Waals surface area contributed by atoms with Crippen molar-refractivity contribution in [1.29, 1.82) is 0 Å². The molecule has 2 unspecified atom stereocenters. The molecule has 0 aliphatic carbocycles. The fraction of sp³-hybridized carbons (Fsp3) is 0.583. The molecule has 1 aromatic heterocycles. The minimum absolute atomic E-state index is 0.0801. The predicted molar refractivity (Wildman–Crippen MR) is 61.7 cm³/mol. The number of halogens is 1. The molecule has 4 heteroatoms. The molecule has 1 heterocycles. The van der Waals surface area contributed by atoms with Crippen molar-refractivity contribution >= 4 is 0 Å². The quantitative estimate of drug-likeness (QED) is 0.808. The number of nitrogens with one attached hydrogen (secondary N) is 1. The maximum Gasteiger partial charge on any atom is 0.146 e. The van der Waals surface area contributed by atoms with Gasteiger partial charge >= 0.3 is 0 Å². The summed E-state index contributed by atoms with van der Waals surface area (Å²) in [5, 5.41) is 3.28. The van der Waals surface area contributed by atoms with Crippen molar-refractivity contribution < 1.29 is 9.13 Å². The summed E-state index contributed by atoms with van der Waals surface area (Å²) in [5.41, 5.74) is 0.609. The summed E-state index contributed by atoms with van der Waals surface area (Å²) in [6.07, 6.45) is 3.75. The molecule has 0 bridgehead atoms. The second-order valence-electron chi connectivity index (χ2n) is 3.77. The molecule has 90 valence electrons. The lowest BCUT2D eigenvalue weighted by Crippen LogP contribution is -2.32. The molecule has 1 aromatic rings. The molecule has 1 rings (SSSR count). The van der Waals surface area contributed by atoms with Crippen molar-refractivity contribution in [2.45, 2.75) is 32.4 Å². The van der Waals surface area contributed by atoms with E-state index in [0.717, 1.165) is 13.0 Å². The standard InChI is InChI=1S/C12H19FN2O/c1-4-6-15-12(9(2)16-3)10-5-7-14-8-11(10)13/h5,7-9,12,15H,4,6H2,1-3H3. The average molecular weight is 226 g/mol. The average Bonchev–Trinajstić information content (AvgIpc) is 2.31.